The van der Waals surface area contributed by atoms with E-state index >= 15 is 0 Å². The molecule has 158 valence electrons. The lowest BCUT2D eigenvalue weighted by molar-refractivity contribution is -0.273. The van der Waals surface area contributed by atoms with Crippen molar-refractivity contribution in [1.29, 1.82) is 0 Å². The highest BCUT2D eigenvalue weighted by Gasteiger charge is 2.60. The maximum Gasteiger partial charge on any atom is 0.305 e. The minimum atomic E-state index is -2.00. The highest BCUT2D eigenvalue weighted by Crippen LogP contribution is 2.33. The van der Waals surface area contributed by atoms with Crippen LogP contribution in [0, 0.1) is 0 Å². The summed E-state index contributed by atoms with van der Waals surface area (Å²) in [5.74, 6) is 2.38. The first-order chi connectivity index (χ1) is 13.0. The molecule has 0 bridgehead atoms. The summed E-state index contributed by atoms with van der Waals surface area (Å²) in [6, 6.07) is 0. The fraction of sp³-hybridized carbons (Fsp3) is 0.667. The Kier molecular flexibility index (Phi) is 8.53. The molecule has 13 heteroatoms. The van der Waals surface area contributed by atoms with E-state index in [2.05, 4.69) is 10.7 Å². The minimum Gasteiger partial charge on any atom is -0.463 e. The van der Waals surface area contributed by atoms with Crippen LogP contribution in [0.4, 0.5) is 0 Å². The second-order valence-electron chi connectivity index (χ2n) is 5.79. The number of nitrogens with two attached hydrogens (primary N) is 1. The maximum absolute atomic E-state index is 11.9. The summed E-state index contributed by atoms with van der Waals surface area (Å²) >= 11 is 4.99. The molecule has 0 aromatic carbocycles. The summed E-state index contributed by atoms with van der Waals surface area (Å²) in [6.45, 7) is 3.87. The molecule has 1 heterocycles. The van der Waals surface area contributed by atoms with Crippen LogP contribution in [0.5, 0.6) is 0 Å². The van der Waals surface area contributed by atoms with Crippen molar-refractivity contribution in [1.82, 2.24) is 10.7 Å². The summed E-state index contributed by atoms with van der Waals surface area (Å²) in [7, 11) is 0. The molecule has 28 heavy (non-hydrogen) atoms. The summed E-state index contributed by atoms with van der Waals surface area (Å²) in [4.78, 5) is 46.3. The number of carbonyl (C=O) groups excluding carboxylic acids is 4. The molecule has 0 radical (unpaired) electrons. The van der Waals surface area contributed by atoms with Gasteiger partial charge < -0.3 is 34.4 Å². The zero-order valence-corrected chi connectivity index (χ0v) is 16.6. The van der Waals surface area contributed by atoms with E-state index in [1.165, 1.54) is 6.92 Å². The van der Waals surface area contributed by atoms with Crippen molar-refractivity contribution in [3.63, 3.8) is 0 Å². The molecule has 1 aliphatic heterocycles. The molecule has 4 N–H and O–H groups in total. The first-order valence-corrected chi connectivity index (χ1v) is 8.50. The predicted octanol–water partition coefficient (Wildman–Crippen LogP) is -1.59. The molecule has 1 saturated heterocycles. The van der Waals surface area contributed by atoms with Crippen molar-refractivity contribution < 1.29 is 42.9 Å². The van der Waals surface area contributed by atoms with Gasteiger partial charge in [-0.15, -0.1) is 0 Å². The van der Waals surface area contributed by atoms with Crippen molar-refractivity contribution in [2.75, 3.05) is 13.2 Å². The van der Waals surface area contributed by atoms with Gasteiger partial charge in [0, 0.05) is 27.7 Å². The van der Waals surface area contributed by atoms with Gasteiger partial charge in [-0.3, -0.25) is 19.2 Å². The molecule has 12 nitrogen and oxygen atoms in total. The third-order valence-corrected chi connectivity index (χ3v) is 3.72. The molecule has 0 amide bonds. The van der Waals surface area contributed by atoms with E-state index in [9.17, 15) is 19.2 Å². The van der Waals surface area contributed by atoms with Crippen LogP contribution in [0.2, 0.25) is 0 Å². The van der Waals surface area contributed by atoms with Crippen LogP contribution in [0.3, 0.4) is 0 Å². The Morgan fingerprint density at radius 2 is 1.68 bits per heavy atom. The van der Waals surface area contributed by atoms with Gasteiger partial charge in [0.1, 0.15) is 12.7 Å². The molecule has 4 atom stereocenters. The van der Waals surface area contributed by atoms with Gasteiger partial charge in [-0.1, -0.05) is 0 Å². The van der Waals surface area contributed by atoms with Gasteiger partial charge in [-0.25, -0.2) is 5.84 Å². The van der Waals surface area contributed by atoms with Crippen LogP contribution < -0.4 is 16.6 Å². The number of carbonyl (C=O) groups is 4. The lowest BCUT2D eigenvalue weighted by Crippen LogP contribution is -2.75. The maximum atomic E-state index is 11.9. The molecule has 0 aromatic heterocycles. The van der Waals surface area contributed by atoms with E-state index in [-0.39, 0.29) is 18.3 Å². The average molecular weight is 421 g/mol. The smallest absolute Gasteiger partial charge is 0.305 e. The fourth-order valence-electron chi connectivity index (χ4n) is 2.63. The Morgan fingerprint density at radius 3 is 2.14 bits per heavy atom. The number of hydrazine groups is 1. The highest BCUT2D eigenvalue weighted by molar-refractivity contribution is 7.80. The Morgan fingerprint density at radius 1 is 1.07 bits per heavy atom. The number of hydrogen-bond donors (Lipinski definition) is 3. The summed E-state index contributed by atoms with van der Waals surface area (Å²) in [5, 5.41) is 2.41. The third-order valence-electron chi connectivity index (χ3n) is 3.50. The molecule has 0 unspecified atom stereocenters. The molecule has 1 rings (SSSR count). The number of thiocarbonyl (C=S) groups is 1. The second kappa shape index (κ2) is 10.1. The molecule has 0 saturated carbocycles. The third kappa shape index (κ3) is 6.28. The molecule has 0 spiro atoms. The largest absolute Gasteiger partial charge is 0.463 e. The molecule has 0 aromatic rings. The molecular weight excluding hydrogens is 398 g/mol. The molecule has 1 fully saturated rings. The van der Waals surface area contributed by atoms with Gasteiger partial charge in [0.15, 0.2) is 17.3 Å². The van der Waals surface area contributed by atoms with Crippen LogP contribution in [0.15, 0.2) is 0 Å². The quantitative estimate of drug-likeness (QED) is 0.112. The first kappa shape index (κ1) is 23.5. The van der Waals surface area contributed by atoms with Gasteiger partial charge >= 0.3 is 23.9 Å². The Labute approximate surface area is 166 Å². The van der Waals surface area contributed by atoms with Crippen LogP contribution in [0.1, 0.15) is 27.7 Å². The van der Waals surface area contributed by atoms with E-state index in [1.807, 2.05) is 0 Å². The van der Waals surface area contributed by atoms with Crippen molar-refractivity contribution in [3.8, 4) is 0 Å². The number of ether oxygens (including phenoxy) is 5. The number of rotatable bonds is 6. The zero-order chi connectivity index (χ0) is 21.5. The lowest BCUT2D eigenvalue weighted by atomic mass is 9.91. The lowest BCUT2D eigenvalue weighted by Gasteiger charge is -2.49. The van der Waals surface area contributed by atoms with E-state index < -0.39 is 47.9 Å². The molecule has 1 aliphatic rings. The monoisotopic (exact) mass is 421 g/mol. The second-order valence-corrected chi connectivity index (χ2v) is 6.20. The summed E-state index contributed by atoms with van der Waals surface area (Å²) < 4.78 is 26.4. The predicted molar refractivity (Wildman–Crippen MR) is 95.0 cm³/mol. The van der Waals surface area contributed by atoms with Gasteiger partial charge in [0.25, 0.3) is 5.72 Å². The van der Waals surface area contributed by atoms with Crippen LogP contribution in [0.25, 0.3) is 0 Å². The zero-order valence-electron chi connectivity index (χ0n) is 15.8. The Bertz CT molecular complexity index is 644. The Balaban J connectivity index is 3.47. The van der Waals surface area contributed by atoms with Crippen LogP contribution in [-0.2, 0) is 42.9 Å². The van der Waals surface area contributed by atoms with Crippen LogP contribution in [-0.4, -0.2) is 66.2 Å². The topological polar surface area (TPSA) is 165 Å². The van der Waals surface area contributed by atoms with Gasteiger partial charge in [-0.05, 0) is 12.2 Å². The summed E-state index contributed by atoms with van der Waals surface area (Å²) in [5.41, 5.74) is 0.141. The van der Waals surface area contributed by atoms with E-state index in [0.29, 0.717) is 0 Å². The van der Waals surface area contributed by atoms with E-state index in [4.69, 9.17) is 41.7 Å². The van der Waals surface area contributed by atoms with Crippen LogP contribution >= 0.6 is 12.2 Å². The van der Waals surface area contributed by atoms with Gasteiger partial charge in [-0.2, -0.15) is 0 Å². The Hall–Kier alpha value is -2.51. The van der Waals surface area contributed by atoms with E-state index in [0.717, 1.165) is 20.8 Å². The number of hydrogen-bond acceptors (Lipinski definition) is 11. The van der Waals surface area contributed by atoms with Crippen molar-refractivity contribution in [2.24, 2.45) is 5.84 Å². The van der Waals surface area contributed by atoms with Crippen molar-refractivity contribution >= 4 is 41.2 Å². The van der Waals surface area contributed by atoms with E-state index in [1.54, 1.807) is 0 Å². The average Bonchev–Trinajstić information content (AvgIpc) is 2.56. The first-order valence-electron chi connectivity index (χ1n) is 8.09. The van der Waals surface area contributed by atoms with Crippen molar-refractivity contribution in [2.45, 2.75) is 51.7 Å². The molecule has 0 aliphatic carbocycles. The van der Waals surface area contributed by atoms with Gasteiger partial charge in [0.05, 0.1) is 6.61 Å². The number of esters is 4. The fourth-order valence-corrected chi connectivity index (χ4v) is 2.79. The normalized spacial score (nSPS) is 26.4. The standard InChI is InChI=1S/C15H23N3O9S/c1-7(19)23-5-11-13(26-9(3)21)15(27-10(4)22,17-14(28)18-16)12(6-24-11)25-8(2)20/h11-13H,5-6,16H2,1-4H3,(H2,17,18,28)/t11-,12+,13-,15-/m1/s1. The molecular formula is C15H23N3O9S. The minimum absolute atomic E-state index is 0.205. The van der Waals surface area contributed by atoms with Gasteiger partial charge in [0.2, 0.25) is 0 Å². The summed E-state index contributed by atoms with van der Waals surface area (Å²) in [6.07, 6.45) is -3.78. The number of nitrogens with one attached hydrogen (secondary N) is 2. The SMILES string of the molecule is CC(=O)OC[C@H]1OC[C@H](OC(C)=O)[C@@](NC(=S)NN)(OC(C)=O)[C@@H]1OC(C)=O. The van der Waals surface area contributed by atoms with Crippen molar-refractivity contribution in [3.05, 3.63) is 0 Å². The highest BCUT2D eigenvalue weighted by atomic mass is 32.1.